The predicted octanol–water partition coefficient (Wildman–Crippen LogP) is 2.06. The van der Waals surface area contributed by atoms with Gasteiger partial charge in [0.05, 0.1) is 11.5 Å². The fraction of sp³-hybridized carbons (Fsp3) is 0.389. The Morgan fingerprint density at radius 1 is 1.15 bits per heavy atom. The number of aromatic nitrogens is 2. The van der Waals surface area contributed by atoms with E-state index in [4.69, 9.17) is 0 Å². The van der Waals surface area contributed by atoms with E-state index in [9.17, 15) is 13.2 Å². The van der Waals surface area contributed by atoms with Crippen LogP contribution in [0.3, 0.4) is 0 Å². The average molecular weight is 374 g/mol. The van der Waals surface area contributed by atoms with Crippen LogP contribution in [0.25, 0.3) is 0 Å². The maximum atomic E-state index is 12.5. The first kappa shape index (κ1) is 18.3. The van der Waals surface area contributed by atoms with Gasteiger partial charge < -0.3 is 10.6 Å². The van der Waals surface area contributed by atoms with Crippen molar-refractivity contribution >= 4 is 27.4 Å². The van der Waals surface area contributed by atoms with Crippen molar-refractivity contribution < 1.29 is 13.2 Å². The number of sulfone groups is 1. The molecule has 1 aromatic carbocycles. The van der Waals surface area contributed by atoms with E-state index in [1.165, 1.54) is 0 Å². The van der Waals surface area contributed by atoms with Crippen LogP contribution in [0.5, 0.6) is 0 Å². The maximum Gasteiger partial charge on any atom is 0.270 e. The van der Waals surface area contributed by atoms with Crippen LogP contribution in [0.4, 0.5) is 11.6 Å². The Hall–Kier alpha value is -2.48. The van der Waals surface area contributed by atoms with E-state index in [0.29, 0.717) is 18.1 Å². The van der Waals surface area contributed by atoms with Crippen molar-refractivity contribution in [2.24, 2.45) is 0 Å². The highest BCUT2D eigenvalue weighted by atomic mass is 32.2. The molecule has 2 N–H and O–H groups in total. The predicted molar refractivity (Wildman–Crippen MR) is 100 cm³/mol. The Bertz CT molecular complexity index is 957. The second kappa shape index (κ2) is 7.03. The summed E-state index contributed by atoms with van der Waals surface area (Å²) in [6.45, 7) is 5.76. The molecule has 0 radical (unpaired) electrons. The zero-order chi connectivity index (χ0) is 18.9. The topological polar surface area (TPSA) is 101 Å². The van der Waals surface area contributed by atoms with Gasteiger partial charge in [0, 0.05) is 17.4 Å². The van der Waals surface area contributed by atoms with Gasteiger partial charge in [-0.1, -0.05) is 12.1 Å². The van der Waals surface area contributed by atoms with Crippen molar-refractivity contribution in [1.29, 1.82) is 0 Å². The lowest BCUT2D eigenvalue weighted by atomic mass is 10.1. The highest BCUT2D eigenvalue weighted by Crippen LogP contribution is 2.20. The molecule has 0 saturated carbocycles. The molecule has 1 aromatic heterocycles. The summed E-state index contributed by atoms with van der Waals surface area (Å²) in [6, 6.07) is 7.24. The highest BCUT2D eigenvalue weighted by Gasteiger charge is 2.29. The molecule has 2 heterocycles. The monoisotopic (exact) mass is 374 g/mol. The second-order valence-corrected chi connectivity index (χ2v) is 8.96. The molecule has 1 saturated heterocycles. The van der Waals surface area contributed by atoms with E-state index in [1.807, 2.05) is 32.0 Å². The Balaban J connectivity index is 1.79. The summed E-state index contributed by atoms with van der Waals surface area (Å²) in [5.41, 5.74) is 3.89. The molecule has 8 heteroatoms. The molecule has 26 heavy (non-hydrogen) atoms. The summed E-state index contributed by atoms with van der Waals surface area (Å²) < 4.78 is 23.1. The number of nitrogens with one attached hydrogen (secondary N) is 2. The standard InChI is InChI=1S/C18H22N4O3S/c1-11-4-5-12(2)15(8-11)21-18-19-13(3)9-16(22-18)17(23)20-14-6-7-26(24,25)10-14/h4-5,8-9,14H,6-7,10H2,1-3H3,(H,20,23)(H,19,21,22). The molecule has 1 aliphatic heterocycles. The number of carbonyl (C=O) groups excluding carboxylic acids is 1. The lowest BCUT2D eigenvalue weighted by Crippen LogP contribution is -2.36. The SMILES string of the molecule is Cc1ccc(C)c(Nc2nc(C)cc(C(=O)NC3CCS(=O)(=O)C3)n2)c1. The third-order valence-corrected chi connectivity index (χ3v) is 6.06. The highest BCUT2D eigenvalue weighted by molar-refractivity contribution is 7.91. The molecule has 7 nitrogen and oxygen atoms in total. The minimum Gasteiger partial charge on any atom is -0.347 e. The lowest BCUT2D eigenvalue weighted by Gasteiger charge is -2.13. The minimum atomic E-state index is -3.05. The molecule has 2 aromatic rings. The van der Waals surface area contributed by atoms with Gasteiger partial charge in [0.15, 0.2) is 9.84 Å². The summed E-state index contributed by atoms with van der Waals surface area (Å²) in [5.74, 6) is 0.0425. The Labute approximate surface area is 153 Å². The number of rotatable bonds is 4. The summed E-state index contributed by atoms with van der Waals surface area (Å²) >= 11 is 0. The molecule has 0 spiro atoms. The van der Waals surface area contributed by atoms with Crippen LogP contribution in [-0.2, 0) is 9.84 Å². The largest absolute Gasteiger partial charge is 0.347 e. The van der Waals surface area contributed by atoms with Crippen LogP contribution >= 0.6 is 0 Å². The first-order valence-corrected chi connectivity index (χ1v) is 10.3. The maximum absolute atomic E-state index is 12.5. The van der Waals surface area contributed by atoms with Gasteiger partial charge in [-0.15, -0.1) is 0 Å². The number of hydrogen-bond donors (Lipinski definition) is 2. The van der Waals surface area contributed by atoms with Crippen LogP contribution in [0, 0.1) is 20.8 Å². The molecule has 1 aliphatic rings. The van der Waals surface area contributed by atoms with E-state index in [1.54, 1.807) is 13.0 Å². The fourth-order valence-corrected chi connectivity index (χ4v) is 4.57. The molecular formula is C18H22N4O3S. The lowest BCUT2D eigenvalue weighted by molar-refractivity contribution is 0.0936. The number of aryl methyl sites for hydroxylation is 3. The number of nitrogens with zero attached hydrogens (tertiary/aromatic N) is 2. The molecule has 0 aliphatic carbocycles. The second-order valence-electron chi connectivity index (χ2n) is 6.73. The zero-order valence-corrected chi connectivity index (χ0v) is 15.9. The first-order valence-electron chi connectivity index (χ1n) is 8.43. The Morgan fingerprint density at radius 2 is 1.92 bits per heavy atom. The Kier molecular flexibility index (Phi) is 4.95. The molecule has 1 fully saturated rings. The molecule has 138 valence electrons. The molecule has 1 unspecified atom stereocenters. The summed E-state index contributed by atoms with van der Waals surface area (Å²) in [7, 11) is -3.05. The van der Waals surface area contributed by atoms with Gasteiger partial charge in [-0.05, 0) is 50.5 Å². The van der Waals surface area contributed by atoms with Crippen molar-refractivity contribution in [3.63, 3.8) is 0 Å². The molecule has 1 amide bonds. The van der Waals surface area contributed by atoms with Crippen molar-refractivity contribution in [2.75, 3.05) is 16.8 Å². The van der Waals surface area contributed by atoms with E-state index >= 15 is 0 Å². The van der Waals surface area contributed by atoms with E-state index in [0.717, 1.165) is 16.8 Å². The number of amides is 1. The van der Waals surface area contributed by atoms with Crippen molar-refractivity contribution in [2.45, 2.75) is 33.2 Å². The van der Waals surface area contributed by atoms with E-state index in [-0.39, 0.29) is 29.1 Å². The van der Waals surface area contributed by atoms with E-state index in [2.05, 4.69) is 20.6 Å². The van der Waals surface area contributed by atoms with Crippen LogP contribution in [0.2, 0.25) is 0 Å². The van der Waals surface area contributed by atoms with Gasteiger partial charge in [-0.3, -0.25) is 4.79 Å². The Morgan fingerprint density at radius 3 is 2.62 bits per heavy atom. The van der Waals surface area contributed by atoms with Crippen LogP contribution in [0.15, 0.2) is 24.3 Å². The van der Waals surface area contributed by atoms with Crippen molar-refractivity contribution in [3.05, 3.63) is 46.8 Å². The fourth-order valence-electron chi connectivity index (χ4n) is 2.90. The molecule has 3 rings (SSSR count). The average Bonchev–Trinajstić information content (AvgIpc) is 2.89. The van der Waals surface area contributed by atoms with Gasteiger partial charge in [0.25, 0.3) is 5.91 Å². The summed E-state index contributed by atoms with van der Waals surface area (Å²) in [4.78, 5) is 21.1. The summed E-state index contributed by atoms with van der Waals surface area (Å²) in [6.07, 6.45) is 0.436. The quantitative estimate of drug-likeness (QED) is 0.849. The number of anilines is 2. The number of hydrogen-bond acceptors (Lipinski definition) is 6. The number of benzene rings is 1. The smallest absolute Gasteiger partial charge is 0.270 e. The van der Waals surface area contributed by atoms with Crippen LogP contribution < -0.4 is 10.6 Å². The van der Waals surface area contributed by atoms with Crippen molar-refractivity contribution in [1.82, 2.24) is 15.3 Å². The minimum absolute atomic E-state index is 0.0175. The van der Waals surface area contributed by atoms with Gasteiger partial charge in [-0.25, -0.2) is 18.4 Å². The number of carbonyl (C=O) groups is 1. The molecule has 0 bridgehead atoms. The zero-order valence-electron chi connectivity index (χ0n) is 15.0. The van der Waals surface area contributed by atoms with E-state index < -0.39 is 9.84 Å². The molecular weight excluding hydrogens is 352 g/mol. The van der Waals surface area contributed by atoms with Gasteiger partial charge in [-0.2, -0.15) is 0 Å². The normalized spacial score (nSPS) is 18.5. The van der Waals surface area contributed by atoms with Crippen LogP contribution in [0.1, 0.15) is 33.7 Å². The van der Waals surface area contributed by atoms with Gasteiger partial charge in [0.1, 0.15) is 5.69 Å². The van der Waals surface area contributed by atoms with Crippen molar-refractivity contribution in [3.8, 4) is 0 Å². The van der Waals surface area contributed by atoms with Crippen LogP contribution in [-0.4, -0.2) is 41.8 Å². The van der Waals surface area contributed by atoms with Gasteiger partial charge in [0.2, 0.25) is 5.95 Å². The summed E-state index contributed by atoms with van der Waals surface area (Å²) in [5, 5.41) is 5.91. The third kappa shape index (κ3) is 4.37. The van der Waals surface area contributed by atoms with Gasteiger partial charge >= 0.3 is 0 Å². The third-order valence-electron chi connectivity index (χ3n) is 4.29. The molecule has 1 atom stereocenters. The first-order chi connectivity index (χ1) is 12.2.